The molecule has 0 saturated heterocycles. The molecule has 0 unspecified atom stereocenters. The quantitative estimate of drug-likeness (QED) is 0.629. The van der Waals surface area contributed by atoms with E-state index in [0.29, 0.717) is 23.4 Å². The lowest BCUT2D eigenvalue weighted by molar-refractivity contribution is 0.0955. The summed E-state index contributed by atoms with van der Waals surface area (Å²) in [5.41, 5.74) is 4.14. The first-order valence-electron chi connectivity index (χ1n) is 5.65. The molecule has 0 radical (unpaired) electrons. The Morgan fingerprint density at radius 3 is 2.63 bits per heavy atom. The number of nitrogens with one attached hydrogen (secondary N) is 2. The van der Waals surface area contributed by atoms with Gasteiger partial charge in [-0.1, -0.05) is 6.07 Å². The lowest BCUT2D eigenvalue weighted by Crippen LogP contribution is -2.23. The van der Waals surface area contributed by atoms with E-state index in [9.17, 15) is 4.79 Å². The van der Waals surface area contributed by atoms with Gasteiger partial charge in [-0.3, -0.25) is 10.2 Å². The summed E-state index contributed by atoms with van der Waals surface area (Å²) >= 11 is 0. The van der Waals surface area contributed by atoms with Gasteiger partial charge in [0.1, 0.15) is 12.1 Å². The molecule has 0 bridgehead atoms. The van der Waals surface area contributed by atoms with E-state index >= 15 is 0 Å². The Hall–Kier alpha value is -2.86. The highest BCUT2D eigenvalue weighted by Gasteiger charge is 2.10. The van der Waals surface area contributed by atoms with Gasteiger partial charge in [-0.2, -0.15) is 15.6 Å². The van der Waals surface area contributed by atoms with E-state index in [0.717, 1.165) is 0 Å². The summed E-state index contributed by atoms with van der Waals surface area (Å²) in [7, 11) is 0. The number of nitrogens with zero attached hydrogens (tertiary/aromatic N) is 3. The van der Waals surface area contributed by atoms with Gasteiger partial charge in [0, 0.05) is 12.1 Å². The lowest BCUT2D eigenvalue weighted by atomic mass is 10.1. The summed E-state index contributed by atoms with van der Waals surface area (Å²) in [6.07, 6.45) is 0. The Bertz CT molecular complexity index is 576. The fourth-order valence-electron chi connectivity index (χ4n) is 1.45. The predicted molar refractivity (Wildman–Crippen MR) is 71.5 cm³/mol. The predicted octanol–water partition coefficient (Wildman–Crippen LogP) is 1.56. The third kappa shape index (κ3) is 3.55. The zero-order chi connectivity index (χ0) is 14.3. The summed E-state index contributed by atoms with van der Waals surface area (Å²) in [6.45, 7) is 4.15. The van der Waals surface area contributed by atoms with Crippen LogP contribution in [-0.4, -0.2) is 18.2 Å². The number of hydrogen-bond acceptors (Lipinski definition) is 5. The van der Waals surface area contributed by atoms with Crippen molar-refractivity contribution in [2.24, 2.45) is 5.10 Å². The average Bonchev–Trinajstić information content (AvgIpc) is 2.41. The van der Waals surface area contributed by atoms with Crippen LogP contribution in [0.2, 0.25) is 0 Å². The average molecular weight is 255 g/mol. The summed E-state index contributed by atoms with van der Waals surface area (Å²) in [5, 5.41) is 23.5. The van der Waals surface area contributed by atoms with Crippen LogP contribution >= 0.6 is 0 Å². The number of carbonyl (C=O) groups is 1. The summed E-state index contributed by atoms with van der Waals surface area (Å²) in [6, 6.07) is 8.41. The highest BCUT2D eigenvalue weighted by molar-refractivity contribution is 6.10. The molecule has 6 heteroatoms. The number of hydrazone groups is 1. The molecule has 0 spiro atoms. The highest BCUT2D eigenvalue weighted by Crippen LogP contribution is 2.18. The third-order valence-electron chi connectivity index (χ3n) is 2.42. The SMILES string of the molecule is CCNC(=O)c1cccc(NN=C(C#N)C#N)c1C. The first kappa shape index (κ1) is 14.2. The van der Waals surface area contributed by atoms with Crippen LogP contribution in [0.4, 0.5) is 5.69 Å². The molecule has 0 heterocycles. The van der Waals surface area contributed by atoms with Crippen LogP contribution in [0.25, 0.3) is 0 Å². The van der Waals surface area contributed by atoms with Crippen molar-refractivity contribution >= 4 is 17.3 Å². The zero-order valence-electron chi connectivity index (χ0n) is 10.7. The van der Waals surface area contributed by atoms with Gasteiger partial charge in [0.15, 0.2) is 0 Å². The van der Waals surface area contributed by atoms with Crippen LogP contribution in [0.15, 0.2) is 23.3 Å². The van der Waals surface area contributed by atoms with E-state index in [2.05, 4.69) is 15.8 Å². The maximum Gasteiger partial charge on any atom is 0.251 e. The molecule has 1 aromatic carbocycles. The minimum atomic E-state index is -0.275. The molecule has 0 fully saturated rings. The number of nitriles is 2. The number of carbonyl (C=O) groups excluding carboxylic acids is 1. The second-order valence-electron chi connectivity index (χ2n) is 3.63. The fourth-order valence-corrected chi connectivity index (χ4v) is 1.45. The Morgan fingerprint density at radius 2 is 2.05 bits per heavy atom. The first-order valence-corrected chi connectivity index (χ1v) is 5.65. The van der Waals surface area contributed by atoms with Gasteiger partial charge in [-0.05, 0) is 31.5 Å². The summed E-state index contributed by atoms with van der Waals surface area (Å²) in [5.74, 6) is -0.173. The Labute approximate surface area is 111 Å². The Balaban J connectivity index is 3.03. The van der Waals surface area contributed by atoms with Crippen LogP contribution in [0.1, 0.15) is 22.8 Å². The van der Waals surface area contributed by atoms with Gasteiger partial charge in [0.2, 0.25) is 5.71 Å². The van der Waals surface area contributed by atoms with Crippen molar-refractivity contribution in [2.75, 3.05) is 12.0 Å². The molecule has 0 aromatic heterocycles. The largest absolute Gasteiger partial charge is 0.352 e. The van der Waals surface area contributed by atoms with E-state index in [4.69, 9.17) is 10.5 Å². The third-order valence-corrected chi connectivity index (χ3v) is 2.42. The van der Waals surface area contributed by atoms with Crippen molar-refractivity contribution in [1.29, 1.82) is 10.5 Å². The van der Waals surface area contributed by atoms with Gasteiger partial charge < -0.3 is 5.32 Å². The van der Waals surface area contributed by atoms with Crippen molar-refractivity contribution in [3.05, 3.63) is 29.3 Å². The van der Waals surface area contributed by atoms with Gasteiger partial charge in [-0.25, -0.2) is 0 Å². The van der Waals surface area contributed by atoms with E-state index in [1.54, 1.807) is 37.3 Å². The van der Waals surface area contributed by atoms with Crippen molar-refractivity contribution in [3.63, 3.8) is 0 Å². The lowest BCUT2D eigenvalue weighted by Gasteiger charge is -2.10. The van der Waals surface area contributed by atoms with E-state index < -0.39 is 0 Å². The molecule has 1 rings (SSSR count). The number of anilines is 1. The molecular formula is C13H13N5O. The van der Waals surface area contributed by atoms with Crippen molar-refractivity contribution in [3.8, 4) is 12.1 Å². The summed E-state index contributed by atoms with van der Waals surface area (Å²) in [4.78, 5) is 11.8. The fraction of sp³-hybridized carbons (Fsp3) is 0.231. The topological polar surface area (TPSA) is 101 Å². The highest BCUT2D eigenvalue weighted by atomic mass is 16.1. The number of benzene rings is 1. The number of hydrogen-bond donors (Lipinski definition) is 2. The van der Waals surface area contributed by atoms with E-state index in [-0.39, 0.29) is 11.6 Å². The maximum atomic E-state index is 11.8. The van der Waals surface area contributed by atoms with Crippen molar-refractivity contribution in [1.82, 2.24) is 5.32 Å². The monoisotopic (exact) mass is 255 g/mol. The normalized spacial score (nSPS) is 8.84. The van der Waals surface area contributed by atoms with E-state index in [1.807, 2.05) is 6.92 Å². The van der Waals surface area contributed by atoms with Gasteiger partial charge >= 0.3 is 0 Å². The van der Waals surface area contributed by atoms with Gasteiger partial charge in [-0.15, -0.1) is 0 Å². The molecule has 0 saturated carbocycles. The molecule has 0 aliphatic rings. The first-order chi connectivity index (χ1) is 9.13. The van der Waals surface area contributed by atoms with Gasteiger partial charge in [0.25, 0.3) is 5.91 Å². The minimum Gasteiger partial charge on any atom is -0.352 e. The molecule has 0 atom stereocenters. The standard InChI is InChI=1S/C13H13N5O/c1-3-16-13(19)11-5-4-6-12(9(11)2)18-17-10(7-14)8-15/h4-6,18H,3H2,1-2H3,(H,16,19). The van der Waals surface area contributed by atoms with Crippen LogP contribution in [0.3, 0.4) is 0 Å². The Morgan fingerprint density at radius 1 is 1.37 bits per heavy atom. The zero-order valence-corrected chi connectivity index (χ0v) is 10.7. The maximum absolute atomic E-state index is 11.8. The molecule has 96 valence electrons. The summed E-state index contributed by atoms with van der Waals surface area (Å²) < 4.78 is 0. The minimum absolute atomic E-state index is 0.173. The second kappa shape index (κ2) is 6.77. The molecule has 1 amide bonds. The van der Waals surface area contributed by atoms with E-state index in [1.165, 1.54) is 0 Å². The van der Waals surface area contributed by atoms with Crippen LogP contribution in [-0.2, 0) is 0 Å². The molecule has 0 aliphatic carbocycles. The molecule has 1 aromatic rings. The number of rotatable bonds is 4. The van der Waals surface area contributed by atoms with Crippen LogP contribution in [0.5, 0.6) is 0 Å². The molecule has 0 aliphatic heterocycles. The smallest absolute Gasteiger partial charge is 0.251 e. The number of amides is 1. The molecule has 2 N–H and O–H groups in total. The Kier molecular flexibility index (Phi) is 5.06. The van der Waals surface area contributed by atoms with Crippen LogP contribution in [0, 0.1) is 29.6 Å². The van der Waals surface area contributed by atoms with Crippen molar-refractivity contribution in [2.45, 2.75) is 13.8 Å². The molecule has 6 nitrogen and oxygen atoms in total. The van der Waals surface area contributed by atoms with Crippen molar-refractivity contribution < 1.29 is 4.79 Å². The van der Waals surface area contributed by atoms with Gasteiger partial charge in [0.05, 0.1) is 5.69 Å². The van der Waals surface area contributed by atoms with Crippen LogP contribution < -0.4 is 10.7 Å². The molecule has 19 heavy (non-hydrogen) atoms. The molecular weight excluding hydrogens is 242 g/mol. The second-order valence-corrected chi connectivity index (χ2v) is 3.63.